The molecule has 0 radical (unpaired) electrons. The van der Waals surface area contributed by atoms with Crippen molar-refractivity contribution in [2.24, 2.45) is 5.92 Å². The van der Waals surface area contributed by atoms with Gasteiger partial charge in [-0.3, -0.25) is 9.59 Å². The number of carboxylic acids is 1. The van der Waals surface area contributed by atoms with Gasteiger partial charge in [0, 0.05) is 6.04 Å². The molecule has 46 heavy (non-hydrogen) atoms. The molecular formula is C38H45NO7. The predicted octanol–water partition coefficient (Wildman–Crippen LogP) is 7.48. The molecule has 0 bridgehead atoms. The van der Waals surface area contributed by atoms with E-state index in [2.05, 4.69) is 29.6 Å². The molecule has 2 saturated carbocycles. The molecule has 2 atom stereocenters. The van der Waals surface area contributed by atoms with Crippen LogP contribution in [0.1, 0.15) is 108 Å². The Morgan fingerprint density at radius 2 is 1.57 bits per heavy atom. The minimum absolute atomic E-state index is 0.00681. The second-order valence-electron chi connectivity index (χ2n) is 12.5. The average Bonchev–Trinajstić information content (AvgIpc) is 3.10. The first kappa shape index (κ1) is 33.0. The second-order valence-corrected chi connectivity index (χ2v) is 12.5. The van der Waals surface area contributed by atoms with Crippen molar-refractivity contribution in [3.63, 3.8) is 0 Å². The Morgan fingerprint density at radius 3 is 2.28 bits per heavy atom. The summed E-state index contributed by atoms with van der Waals surface area (Å²) in [6.07, 6.45) is 10.9. The summed E-state index contributed by atoms with van der Waals surface area (Å²) in [6, 6.07) is 21.0. The van der Waals surface area contributed by atoms with Crippen LogP contribution in [-0.2, 0) is 22.6 Å². The topological polar surface area (TPSA) is 111 Å². The standard InChI is InChI=1S/C38H45NO7/c1-44-38(43)31-10-5-11-32(23-31)39-36(40)34-24-30(37(41)42)18-21-35(34)45-22-6-7-26-14-19-33(20-15-26)46-25-27-12-16-29(17-13-27)28-8-3-2-4-9-28/h12-21,24,28,31-32H,2-11,22-23,25H2,1H3,(H,39,40)(H,41,42). The van der Waals surface area contributed by atoms with Crippen LogP contribution < -0.4 is 14.8 Å². The number of aromatic carboxylic acids is 1. The molecule has 8 nitrogen and oxygen atoms in total. The number of carboxylic acid groups (broad SMARTS) is 1. The Balaban J connectivity index is 1.09. The lowest BCUT2D eigenvalue weighted by Gasteiger charge is -2.28. The maximum atomic E-state index is 13.3. The number of carbonyl (C=O) groups excluding carboxylic acids is 2. The number of nitrogens with one attached hydrogen (secondary N) is 1. The van der Waals surface area contributed by atoms with Crippen molar-refractivity contribution in [3.05, 3.63) is 94.5 Å². The lowest BCUT2D eigenvalue weighted by atomic mass is 9.84. The van der Waals surface area contributed by atoms with E-state index in [0.717, 1.165) is 42.6 Å². The largest absolute Gasteiger partial charge is 0.493 e. The van der Waals surface area contributed by atoms with Crippen LogP contribution in [0.4, 0.5) is 0 Å². The summed E-state index contributed by atoms with van der Waals surface area (Å²) in [5.74, 6) is -0.203. The molecule has 1 amide bonds. The van der Waals surface area contributed by atoms with Gasteiger partial charge in [-0.2, -0.15) is 0 Å². The van der Waals surface area contributed by atoms with Crippen LogP contribution in [0.15, 0.2) is 66.7 Å². The van der Waals surface area contributed by atoms with Crippen molar-refractivity contribution in [3.8, 4) is 11.5 Å². The molecule has 0 spiro atoms. The van der Waals surface area contributed by atoms with E-state index in [4.69, 9.17) is 14.2 Å². The summed E-state index contributed by atoms with van der Waals surface area (Å²) in [5, 5.41) is 12.5. The van der Waals surface area contributed by atoms with Crippen LogP contribution in [-0.4, -0.2) is 42.7 Å². The summed E-state index contributed by atoms with van der Waals surface area (Å²) in [5.41, 5.74) is 3.93. The van der Waals surface area contributed by atoms with Gasteiger partial charge in [-0.05, 0) is 97.9 Å². The number of hydrogen-bond acceptors (Lipinski definition) is 6. The zero-order valence-electron chi connectivity index (χ0n) is 26.7. The fourth-order valence-corrected chi connectivity index (χ4v) is 6.63. The molecule has 0 saturated heterocycles. The number of rotatable bonds is 13. The van der Waals surface area contributed by atoms with Crippen LogP contribution in [0.2, 0.25) is 0 Å². The minimum Gasteiger partial charge on any atom is -0.493 e. The average molecular weight is 628 g/mol. The maximum Gasteiger partial charge on any atom is 0.335 e. The Hall–Kier alpha value is -4.33. The first-order valence-corrected chi connectivity index (χ1v) is 16.6. The Morgan fingerprint density at radius 1 is 0.826 bits per heavy atom. The molecule has 2 unspecified atom stereocenters. The summed E-state index contributed by atoms with van der Waals surface area (Å²) in [7, 11) is 1.37. The third-order valence-electron chi connectivity index (χ3n) is 9.27. The highest BCUT2D eigenvalue weighted by Gasteiger charge is 2.29. The molecule has 3 aromatic rings. The maximum absolute atomic E-state index is 13.3. The normalized spacial score (nSPS) is 18.4. The molecule has 3 aromatic carbocycles. The Bertz CT molecular complexity index is 1460. The number of aryl methyl sites for hydroxylation is 1. The van der Waals surface area contributed by atoms with Crippen molar-refractivity contribution >= 4 is 17.8 Å². The smallest absolute Gasteiger partial charge is 0.335 e. The number of amides is 1. The van der Waals surface area contributed by atoms with Crippen molar-refractivity contribution in [2.75, 3.05) is 13.7 Å². The molecule has 2 aliphatic carbocycles. The van der Waals surface area contributed by atoms with E-state index in [1.54, 1.807) is 0 Å². The fourth-order valence-electron chi connectivity index (χ4n) is 6.63. The molecule has 0 heterocycles. The van der Waals surface area contributed by atoms with E-state index in [0.29, 0.717) is 37.7 Å². The SMILES string of the molecule is COC(=O)C1CCCC(NC(=O)c2cc(C(=O)O)ccc2OCCCc2ccc(OCc3ccc(C4CCCCC4)cc3)cc2)C1. The van der Waals surface area contributed by atoms with Gasteiger partial charge < -0.3 is 24.6 Å². The van der Waals surface area contributed by atoms with Gasteiger partial charge in [0.25, 0.3) is 5.91 Å². The fraction of sp³-hybridized carbons (Fsp3) is 0.447. The molecule has 5 rings (SSSR count). The molecular weight excluding hydrogens is 582 g/mol. The highest BCUT2D eigenvalue weighted by molar-refractivity contribution is 6.00. The molecule has 2 fully saturated rings. The van der Waals surface area contributed by atoms with Gasteiger partial charge >= 0.3 is 11.9 Å². The van der Waals surface area contributed by atoms with Crippen molar-refractivity contribution in [1.82, 2.24) is 5.32 Å². The highest BCUT2D eigenvalue weighted by Crippen LogP contribution is 2.33. The van der Waals surface area contributed by atoms with Crippen molar-refractivity contribution < 1.29 is 33.7 Å². The number of methoxy groups -OCH3 is 1. The quantitative estimate of drug-likeness (QED) is 0.149. The van der Waals surface area contributed by atoms with Gasteiger partial charge in [-0.1, -0.05) is 62.1 Å². The van der Waals surface area contributed by atoms with E-state index in [-0.39, 0.29) is 29.1 Å². The lowest BCUT2D eigenvalue weighted by Crippen LogP contribution is -2.40. The van der Waals surface area contributed by atoms with Gasteiger partial charge in [0.1, 0.15) is 18.1 Å². The number of esters is 1. The summed E-state index contributed by atoms with van der Waals surface area (Å²) < 4.78 is 16.9. The van der Waals surface area contributed by atoms with E-state index in [1.807, 2.05) is 24.3 Å². The summed E-state index contributed by atoms with van der Waals surface area (Å²) in [4.78, 5) is 36.9. The molecule has 0 aliphatic heterocycles. The van der Waals surface area contributed by atoms with E-state index < -0.39 is 11.9 Å². The third kappa shape index (κ3) is 9.12. The first-order chi connectivity index (χ1) is 22.4. The predicted molar refractivity (Wildman–Crippen MR) is 175 cm³/mol. The van der Waals surface area contributed by atoms with Crippen molar-refractivity contribution in [1.29, 1.82) is 0 Å². The number of ether oxygens (including phenoxy) is 3. The zero-order chi connectivity index (χ0) is 32.3. The third-order valence-corrected chi connectivity index (χ3v) is 9.27. The van der Waals surface area contributed by atoms with Crippen LogP contribution in [0.5, 0.6) is 11.5 Å². The van der Waals surface area contributed by atoms with Crippen LogP contribution in [0.3, 0.4) is 0 Å². The minimum atomic E-state index is -1.12. The van der Waals surface area contributed by atoms with Crippen molar-refractivity contribution in [2.45, 2.75) is 89.2 Å². The second kappa shape index (κ2) is 16.3. The lowest BCUT2D eigenvalue weighted by molar-refractivity contribution is -0.146. The molecule has 2 N–H and O–H groups in total. The van der Waals surface area contributed by atoms with Gasteiger partial charge in [0.15, 0.2) is 0 Å². The van der Waals surface area contributed by atoms with Gasteiger partial charge in [-0.25, -0.2) is 4.79 Å². The first-order valence-electron chi connectivity index (χ1n) is 16.6. The summed E-state index contributed by atoms with van der Waals surface area (Å²) >= 11 is 0. The number of hydrogen-bond donors (Lipinski definition) is 2. The van der Waals surface area contributed by atoms with E-state index in [9.17, 15) is 19.5 Å². The Kier molecular flexibility index (Phi) is 11.7. The summed E-state index contributed by atoms with van der Waals surface area (Å²) in [6.45, 7) is 0.886. The highest BCUT2D eigenvalue weighted by atomic mass is 16.5. The monoisotopic (exact) mass is 627 g/mol. The van der Waals surface area contributed by atoms with Crippen LogP contribution in [0, 0.1) is 5.92 Å². The van der Waals surface area contributed by atoms with E-state index >= 15 is 0 Å². The van der Waals surface area contributed by atoms with Gasteiger partial charge in [0.2, 0.25) is 0 Å². The molecule has 2 aliphatic rings. The molecule has 244 valence electrons. The van der Waals surface area contributed by atoms with Crippen LogP contribution >= 0.6 is 0 Å². The van der Waals surface area contributed by atoms with Crippen LogP contribution in [0.25, 0.3) is 0 Å². The van der Waals surface area contributed by atoms with E-state index in [1.165, 1.54) is 63.0 Å². The molecule has 8 heteroatoms. The number of carbonyl (C=O) groups is 3. The van der Waals surface area contributed by atoms with Gasteiger partial charge in [0.05, 0.1) is 30.8 Å². The van der Waals surface area contributed by atoms with Gasteiger partial charge in [-0.15, -0.1) is 0 Å². The zero-order valence-corrected chi connectivity index (χ0v) is 26.7. The Labute approximate surface area is 271 Å². The number of benzene rings is 3. The molecule has 0 aromatic heterocycles.